The average Bonchev–Trinajstić information content (AvgIpc) is 2.68. The van der Waals surface area contributed by atoms with Gasteiger partial charge in [-0.1, -0.05) is 0 Å². The molecule has 0 amide bonds. The minimum atomic E-state index is -3.73. The first kappa shape index (κ1) is 14.6. The molecular formula is C10H12N2O4S2. The molecule has 0 aliphatic heterocycles. The van der Waals surface area contributed by atoms with E-state index in [4.69, 9.17) is 10.4 Å². The van der Waals surface area contributed by atoms with Crippen molar-refractivity contribution < 1.29 is 18.3 Å². The molecule has 18 heavy (non-hydrogen) atoms. The lowest BCUT2D eigenvalue weighted by Gasteiger charge is -2.15. The van der Waals surface area contributed by atoms with Gasteiger partial charge in [0.2, 0.25) is 10.0 Å². The van der Waals surface area contributed by atoms with Crippen LogP contribution in [0.1, 0.15) is 21.0 Å². The van der Waals surface area contributed by atoms with Crippen LogP contribution in [-0.2, 0) is 10.0 Å². The summed E-state index contributed by atoms with van der Waals surface area (Å²) in [5.74, 6) is -1.15. The molecule has 0 atom stereocenters. The van der Waals surface area contributed by atoms with Crippen LogP contribution in [0.3, 0.4) is 0 Å². The summed E-state index contributed by atoms with van der Waals surface area (Å²) in [7, 11) is -2.36. The molecule has 0 bridgehead atoms. The molecule has 1 heterocycles. The van der Waals surface area contributed by atoms with E-state index in [2.05, 4.69) is 0 Å². The fourth-order valence-corrected chi connectivity index (χ4v) is 3.89. The molecule has 0 radical (unpaired) electrons. The number of aryl methyl sites for hydroxylation is 1. The van der Waals surface area contributed by atoms with Crippen LogP contribution >= 0.6 is 11.3 Å². The lowest BCUT2D eigenvalue weighted by molar-refractivity contribution is 0.0702. The van der Waals surface area contributed by atoms with E-state index in [1.165, 1.54) is 7.05 Å². The highest BCUT2D eigenvalue weighted by Gasteiger charge is 2.25. The van der Waals surface area contributed by atoms with Crippen LogP contribution in [0.4, 0.5) is 0 Å². The van der Waals surface area contributed by atoms with Crippen molar-refractivity contribution in [3.8, 4) is 6.07 Å². The Kier molecular flexibility index (Phi) is 4.45. The third-order valence-electron chi connectivity index (χ3n) is 2.31. The van der Waals surface area contributed by atoms with Crippen molar-refractivity contribution in [2.45, 2.75) is 18.2 Å². The van der Waals surface area contributed by atoms with Crippen LogP contribution in [-0.4, -0.2) is 37.4 Å². The number of hydrogen-bond donors (Lipinski definition) is 1. The van der Waals surface area contributed by atoms with Gasteiger partial charge in [0, 0.05) is 24.9 Å². The minimum Gasteiger partial charge on any atom is -0.477 e. The summed E-state index contributed by atoms with van der Waals surface area (Å²) in [5, 5.41) is 17.3. The van der Waals surface area contributed by atoms with Gasteiger partial charge in [-0.2, -0.15) is 9.57 Å². The lowest BCUT2D eigenvalue weighted by Crippen LogP contribution is -2.27. The van der Waals surface area contributed by atoms with Gasteiger partial charge in [0.15, 0.2) is 0 Å². The molecule has 0 unspecified atom stereocenters. The first-order valence-electron chi connectivity index (χ1n) is 4.97. The van der Waals surface area contributed by atoms with E-state index >= 15 is 0 Å². The lowest BCUT2D eigenvalue weighted by atomic mass is 10.4. The third-order valence-corrected chi connectivity index (χ3v) is 5.46. The average molecular weight is 288 g/mol. The Morgan fingerprint density at radius 3 is 2.67 bits per heavy atom. The maximum atomic E-state index is 12.1. The van der Waals surface area contributed by atoms with Gasteiger partial charge in [0.1, 0.15) is 4.88 Å². The number of hydrogen-bond acceptors (Lipinski definition) is 5. The molecule has 0 saturated carbocycles. The van der Waals surface area contributed by atoms with Crippen molar-refractivity contribution >= 4 is 27.3 Å². The third kappa shape index (κ3) is 2.87. The number of rotatable bonds is 5. The molecule has 6 nitrogen and oxygen atoms in total. The number of sulfonamides is 1. The zero-order chi connectivity index (χ0) is 13.9. The summed E-state index contributed by atoms with van der Waals surface area (Å²) in [6.45, 7) is 1.64. The predicted octanol–water partition coefficient (Wildman–Crippen LogP) is 1.29. The number of carbonyl (C=O) groups is 1. The summed E-state index contributed by atoms with van der Waals surface area (Å²) in [6, 6.07) is 3.02. The van der Waals surface area contributed by atoms with E-state index in [1.807, 2.05) is 6.07 Å². The Hall–Kier alpha value is -1.43. The summed E-state index contributed by atoms with van der Waals surface area (Å²) in [5.41, 5.74) is 0. The first-order valence-corrected chi connectivity index (χ1v) is 7.23. The zero-order valence-electron chi connectivity index (χ0n) is 9.87. The van der Waals surface area contributed by atoms with Gasteiger partial charge in [-0.3, -0.25) is 0 Å². The summed E-state index contributed by atoms with van der Waals surface area (Å²) in [6.07, 6.45) is 0.0880. The molecule has 1 N–H and O–H groups in total. The Bertz CT molecular complexity index is 598. The van der Waals surface area contributed by atoms with E-state index in [0.29, 0.717) is 4.88 Å². The quantitative estimate of drug-likeness (QED) is 0.880. The van der Waals surface area contributed by atoms with E-state index in [9.17, 15) is 13.2 Å². The smallest absolute Gasteiger partial charge is 0.345 e. The van der Waals surface area contributed by atoms with E-state index < -0.39 is 16.0 Å². The summed E-state index contributed by atoms with van der Waals surface area (Å²) in [4.78, 5) is 11.2. The molecule has 0 fully saturated rings. The number of nitrogens with zero attached hydrogens (tertiary/aromatic N) is 2. The molecule has 98 valence electrons. The van der Waals surface area contributed by atoms with Crippen LogP contribution in [0.5, 0.6) is 0 Å². The van der Waals surface area contributed by atoms with Gasteiger partial charge >= 0.3 is 5.97 Å². The van der Waals surface area contributed by atoms with Crippen molar-refractivity contribution in [3.05, 3.63) is 15.8 Å². The monoisotopic (exact) mass is 288 g/mol. The predicted molar refractivity (Wildman–Crippen MR) is 66.1 cm³/mol. The number of carboxylic acid groups (broad SMARTS) is 1. The van der Waals surface area contributed by atoms with Gasteiger partial charge in [-0.05, 0) is 13.0 Å². The van der Waals surface area contributed by atoms with Crippen LogP contribution in [0.2, 0.25) is 0 Å². The van der Waals surface area contributed by atoms with Crippen LogP contribution in [0.25, 0.3) is 0 Å². The van der Waals surface area contributed by atoms with Gasteiger partial charge in [-0.15, -0.1) is 11.3 Å². The maximum absolute atomic E-state index is 12.1. The summed E-state index contributed by atoms with van der Waals surface area (Å²) < 4.78 is 25.3. The second-order valence-electron chi connectivity index (χ2n) is 3.57. The Labute approximate surface area is 109 Å². The molecule has 0 spiro atoms. The molecule has 0 aliphatic rings. The van der Waals surface area contributed by atoms with Crippen LogP contribution in [0, 0.1) is 18.3 Å². The van der Waals surface area contributed by atoms with Gasteiger partial charge in [0.05, 0.1) is 11.0 Å². The van der Waals surface area contributed by atoms with Crippen molar-refractivity contribution in [3.63, 3.8) is 0 Å². The summed E-state index contributed by atoms with van der Waals surface area (Å²) >= 11 is 0.920. The van der Waals surface area contributed by atoms with Crippen LogP contribution < -0.4 is 0 Å². The van der Waals surface area contributed by atoms with Crippen molar-refractivity contribution in [1.82, 2.24) is 4.31 Å². The number of carboxylic acids is 1. The molecule has 0 aliphatic carbocycles. The fraction of sp³-hybridized carbons (Fsp3) is 0.400. The van der Waals surface area contributed by atoms with Crippen LogP contribution in [0.15, 0.2) is 11.0 Å². The Balaban J connectivity index is 3.13. The Morgan fingerprint density at radius 1 is 1.61 bits per heavy atom. The standard InChI is InChI=1S/C10H12N2O4S2/c1-7-9(6-8(17-7)10(13)14)18(15,16)12(2)5-3-4-11/h6H,3,5H2,1-2H3,(H,13,14). The molecule has 0 saturated heterocycles. The topological polar surface area (TPSA) is 98.5 Å². The van der Waals surface area contributed by atoms with E-state index in [1.54, 1.807) is 6.92 Å². The zero-order valence-corrected chi connectivity index (χ0v) is 11.5. The molecule has 1 aromatic heterocycles. The highest BCUT2D eigenvalue weighted by molar-refractivity contribution is 7.89. The fourth-order valence-electron chi connectivity index (χ4n) is 1.32. The van der Waals surface area contributed by atoms with Gasteiger partial charge in [-0.25, -0.2) is 13.2 Å². The Morgan fingerprint density at radius 2 is 2.22 bits per heavy atom. The second kappa shape index (κ2) is 5.48. The largest absolute Gasteiger partial charge is 0.477 e. The maximum Gasteiger partial charge on any atom is 0.345 e. The number of aromatic carboxylic acids is 1. The molecule has 0 aromatic carbocycles. The highest BCUT2D eigenvalue weighted by atomic mass is 32.2. The van der Waals surface area contributed by atoms with Crippen molar-refractivity contribution in [2.75, 3.05) is 13.6 Å². The minimum absolute atomic E-state index is 0.00894. The molecule has 8 heteroatoms. The first-order chi connectivity index (χ1) is 8.30. The second-order valence-corrected chi connectivity index (χ2v) is 6.84. The van der Waals surface area contributed by atoms with Gasteiger partial charge in [0.25, 0.3) is 0 Å². The molecule has 1 rings (SSSR count). The van der Waals surface area contributed by atoms with E-state index in [0.717, 1.165) is 21.7 Å². The normalized spacial score (nSPS) is 11.4. The molecular weight excluding hydrogens is 276 g/mol. The highest BCUT2D eigenvalue weighted by Crippen LogP contribution is 2.27. The molecule has 1 aromatic rings. The van der Waals surface area contributed by atoms with E-state index in [-0.39, 0.29) is 22.7 Å². The van der Waals surface area contributed by atoms with Crippen molar-refractivity contribution in [1.29, 1.82) is 5.26 Å². The van der Waals surface area contributed by atoms with Crippen molar-refractivity contribution in [2.24, 2.45) is 0 Å². The SMILES string of the molecule is Cc1sc(C(=O)O)cc1S(=O)(=O)N(C)CCC#N. The number of thiophene rings is 1. The number of nitriles is 1. The van der Waals surface area contributed by atoms with Gasteiger partial charge < -0.3 is 5.11 Å².